The van der Waals surface area contributed by atoms with Crippen LogP contribution < -0.4 is 5.73 Å². The highest BCUT2D eigenvalue weighted by atomic mass is 19.1. The molecule has 1 fully saturated rings. The van der Waals surface area contributed by atoms with Gasteiger partial charge >= 0.3 is 0 Å². The van der Waals surface area contributed by atoms with Crippen LogP contribution in [0, 0.1) is 5.82 Å². The predicted octanol–water partition coefficient (Wildman–Crippen LogP) is 3.36. The van der Waals surface area contributed by atoms with Crippen molar-refractivity contribution < 1.29 is 13.9 Å². The Balaban J connectivity index is 1.75. The highest BCUT2D eigenvalue weighted by Gasteiger charge is 2.17. The summed E-state index contributed by atoms with van der Waals surface area (Å²) < 4.78 is 18.9. The summed E-state index contributed by atoms with van der Waals surface area (Å²) in [5, 5.41) is 0.899. The van der Waals surface area contributed by atoms with Gasteiger partial charge in [-0.15, -0.1) is 0 Å². The molecule has 1 amide bonds. The lowest BCUT2D eigenvalue weighted by molar-refractivity contribution is -0.0211. The summed E-state index contributed by atoms with van der Waals surface area (Å²) in [4.78, 5) is 18.6. The summed E-state index contributed by atoms with van der Waals surface area (Å²) in [5.41, 5.74) is 9.13. The molecule has 1 atom stereocenters. The number of amides is 1. The van der Waals surface area contributed by atoms with Crippen LogP contribution in [0.2, 0.25) is 0 Å². The zero-order valence-corrected chi connectivity index (χ0v) is 15.7. The molecular weight excluding hydrogens is 357 g/mol. The van der Waals surface area contributed by atoms with Crippen molar-refractivity contribution in [3.05, 3.63) is 65.6 Å². The van der Waals surface area contributed by atoms with Crippen LogP contribution in [0.15, 0.2) is 48.5 Å². The van der Waals surface area contributed by atoms with E-state index in [1.165, 1.54) is 12.1 Å². The number of morpholine rings is 1. The largest absolute Gasteiger partial charge is 0.376 e. The number of hydrogen-bond acceptors (Lipinski definition) is 4. The Morgan fingerprint density at radius 1 is 1.25 bits per heavy atom. The topological polar surface area (TPSA) is 68.5 Å². The molecule has 1 saturated heterocycles. The second-order valence-corrected chi connectivity index (χ2v) is 7.19. The van der Waals surface area contributed by atoms with Gasteiger partial charge in [0.2, 0.25) is 0 Å². The number of carbonyl (C=O) groups excluding carboxylic acids is 1. The van der Waals surface area contributed by atoms with E-state index in [0.717, 1.165) is 48.3 Å². The van der Waals surface area contributed by atoms with Gasteiger partial charge in [-0.3, -0.25) is 9.69 Å². The van der Waals surface area contributed by atoms with E-state index in [1.54, 1.807) is 18.2 Å². The first-order valence-corrected chi connectivity index (χ1v) is 9.33. The second kappa shape index (κ2) is 7.66. The first kappa shape index (κ1) is 18.5. The number of primary amides is 1. The molecule has 0 unspecified atom stereocenters. The Morgan fingerprint density at radius 3 is 2.75 bits per heavy atom. The number of rotatable bonds is 4. The fourth-order valence-electron chi connectivity index (χ4n) is 3.66. The van der Waals surface area contributed by atoms with Crippen molar-refractivity contribution in [3.8, 4) is 11.1 Å². The van der Waals surface area contributed by atoms with Gasteiger partial charge in [-0.1, -0.05) is 24.3 Å². The van der Waals surface area contributed by atoms with Gasteiger partial charge in [-0.05, 0) is 47.9 Å². The maximum Gasteiger partial charge on any atom is 0.267 e. The lowest BCUT2D eigenvalue weighted by Gasteiger charge is -2.31. The smallest absolute Gasteiger partial charge is 0.267 e. The monoisotopic (exact) mass is 379 g/mol. The molecule has 2 aromatic carbocycles. The lowest BCUT2D eigenvalue weighted by atomic mass is 9.98. The number of nitrogens with two attached hydrogens (primary N) is 1. The van der Waals surface area contributed by atoms with Crippen molar-refractivity contribution in [2.45, 2.75) is 19.6 Å². The molecule has 3 aromatic rings. The molecule has 4 rings (SSSR count). The molecule has 144 valence electrons. The van der Waals surface area contributed by atoms with E-state index in [9.17, 15) is 9.18 Å². The third-order valence-electron chi connectivity index (χ3n) is 5.01. The Labute approximate surface area is 162 Å². The summed E-state index contributed by atoms with van der Waals surface area (Å²) in [7, 11) is 0. The summed E-state index contributed by atoms with van der Waals surface area (Å²) in [6, 6.07) is 13.9. The van der Waals surface area contributed by atoms with Crippen LogP contribution in [0.5, 0.6) is 0 Å². The van der Waals surface area contributed by atoms with Crippen LogP contribution in [0.4, 0.5) is 4.39 Å². The van der Waals surface area contributed by atoms with Crippen molar-refractivity contribution in [1.82, 2.24) is 9.88 Å². The van der Waals surface area contributed by atoms with E-state index in [1.807, 2.05) is 12.1 Å². The van der Waals surface area contributed by atoms with Crippen LogP contribution in [0.1, 0.15) is 23.0 Å². The Morgan fingerprint density at radius 2 is 2.04 bits per heavy atom. The molecule has 28 heavy (non-hydrogen) atoms. The molecule has 0 aliphatic carbocycles. The third-order valence-corrected chi connectivity index (χ3v) is 5.01. The van der Waals surface area contributed by atoms with Gasteiger partial charge in [-0.25, -0.2) is 9.37 Å². The average molecular weight is 379 g/mol. The molecule has 1 aromatic heterocycles. The Kier molecular flexibility index (Phi) is 5.07. The summed E-state index contributed by atoms with van der Waals surface area (Å²) in [5.74, 6) is -0.892. The van der Waals surface area contributed by atoms with Crippen LogP contribution >= 0.6 is 0 Å². The molecular formula is C22H22FN3O2. The van der Waals surface area contributed by atoms with E-state index in [-0.39, 0.29) is 17.6 Å². The zero-order chi connectivity index (χ0) is 19.7. The fraction of sp³-hybridized carbons (Fsp3) is 0.273. The molecule has 2 N–H and O–H groups in total. The first-order chi connectivity index (χ1) is 13.5. The predicted molar refractivity (Wildman–Crippen MR) is 106 cm³/mol. The number of benzene rings is 2. The van der Waals surface area contributed by atoms with Gasteiger partial charge in [-0.2, -0.15) is 0 Å². The molecule has 0 saturated carbocycles. The molecule has 2 heterocycles. The van der Waals surface area contributed by atoms with Crippen molar-refractivity contribution in [1.29, 1.82) is 0 Å². The minimum absolute atomic E-state index is 0.198. The summed E-state index contributed by atoms with van der Waals surface area (Å²) in [6.07, 6.45) is 0.221. The maximum atomic E-state index is 13.3. The van der Waals surface area contributed by atoms with E-state index >= 15 is 0 Å². The summed E-state index contributed by atoms with van der Waals surface area (Å²) >= 11 is 0. The van der Waals surface area contributed by atoms with Crippen molar-refractivity contribution in [2.24, 2.45) is 5.73 Å². The number of aromatic nitrogens is 1. The molecule has 0 radical (unpaired) electrons. The van der Waals surface area contributed by atoms with Crippen LogP contribution in [-0.2, 0) is 11.3 Å². The van der Waals surface area contributed by atoms with E-state index in [4.69, 9.17) is 10.5 Å². The van der Waals surface area contributed by atoms with E-state index < -0.39 is 5.91 Å². The van der Waals surface area contributed by atoms with Gasteiger partial charge in [0.05, 0.1) is 18.2 Å². The Bertz CT molecular complexity index is 1020. The number of carbonyl (C=O) groups is 1. The molecule has 6 heteroatoms. The number of hydrogen-bond donors (Lipinski definition) is 1. The minimum Gasteiger partial charge on any atom is -0.376 e. The van der Waals surface area contributed by atoms with Gasteiger partial charge < -0.3 is 10.5 Å². The number of ether oxygens (including phenoxy) is 1. The normalized spacial score (nSPS) is 17.7. The third kappa shape index (κ3) is 3.88. The number of fused-ring (bicyclic) bond motifs is 1. The average Bonchev–Trinajstić information content (AvgIpc) is 2.67. The second-order valence-electron chi connectivity index (χ2n) is 7.19. The van der Waals surface area contributed by atoms with Crippen LogP contribution in [0.3, 0.4) is 0 Å². The van der Waals surface area contributed by atoms with E-state index in [2.05, 4.69) is 22.9 Å². The van der Waals surface area contributed by atoms with E-state index in [0.29, 0.717) is 5.52 Å². The minimum atomic E-state index is -0.585. The standard InChI is InChI=1S/C22H22FN3O2/c1-14-12-26(8-9-28-14)13-15-2-7-18-19(16-3-5-17(23)6-4-16)11-21(22(24)27)25-20(18)10-15/h2-7,10-11,14H,8-9,12-13H2,1H3,(H2,24,27)/t14-/m0/s1. The van der Waals surface area contributed by atoms with Crippen molar-refractivity contribution >= 4 is 16.8 Å². The zero-order valence-electron chi connectivity index (χ0n) is 15.7. The van der Waals surface area contributed by atoms with Crippen molar-refractivity contribution in [3.63, 3.8) is 0 Å². The van der Waals surface area contributed by atoms with Crippen LogP contribution in [0.25, 0.3) is 22.0 Å². The Hall–Kier alpha value is -2.83. The van der Waals surface area contributed by atoms with Gasteiger partial charge in [0.15, 0.2) is 0 Å². The highest BCUT2D eigenvalue weighted by Crippen LogP contribution is 2.30. The number of pyridine rings is 1. The van der Waals surface area contributed by atoms with Gasteiger partial charge in [0, 0.05) is 25.0 Å². The highest BCUT2D eigenvalue weighted by molar-refractivity contribution is 6.00. The first-order valence-electron chi connectivity index (χ1n) is 9.33. The number of halogens is 1. The van der Waals surface area contributed by atoms with Gasteiger partial charge in [0.1, 0.15) is 11.5 Å². The molecule has 1 aliphatic heterocycles. The maximum absolute atomic E-state index is 13.3. The van der Waals surface area contributed by atoms with Crippen molar-refractivity contribution in [2.75, 3.05) is 19.7 Å². The van der Waals surface area contributed by atoms with Crippen LogP contribution in [-0.4, -0.2) is 41.6 Å². The fourth-order valence-corrected chi connectivity index (χ4v) is 3.66. The SMILES string of the molecule is C[C@H]1CN(Cc2ccc3c(-c4ccc(F)cc4)cc(C(N)=O)nc3c2)CCO1. The molecule has 0 bridgehead atoms. The molecule has 0 spiro atoms. The van der Waals surface area contributed by atoms with Gasteiger partial charge in [0.25, 0.3) is 5.91 Å². The molecule has 5 nitrogen and oxygen atoms in total. The molecule has 1 aliphatic rings. The number of nitrogens with zero attached hydrogens (tertiary/aromatic N) is 2. The lowest BCUT2D eigenvalue weighted by Crippen LogP contribution is -2.40. The summed E-state index contributed by atoms with van der Waals surface area (Å²) in [6.45, 7) is 5.36. The quantitative estimate of drug-likeness (QED) is 0.755.